The Morgan fingerprint density at radius 2 is 1.61 bits per heavy atom. The third-order valence-electron chi connectivity index (χ3n) is 5.57. The topological polar surface area (TPSA) is 61.9 Å². The number of nitrogens with one attached hydrogen (secondary N) is 1. The molecule has 0 bridgehead atoms. The number of nitrogens with zero attached hydrogens (tertiary/aromatic N) is 2. The quantitative estimate of drug-likeness (QED) is 0.510. The second-order valence-corrected chi connectivity index (χ2v) is 8.08. The maximum absolute atomic E-state index is 13.4. The van der Waals surface area contributed by atoms with E-state index in [0.717, 1.165) is 11.3 Å². The Kier molecular flexibility index (Phi) is 7.00. The van der Waals surface area contributed by atoms with Crippen LogP contribution in [0.15, 0.2) is 84.9 Å². The fourth-order valence-electron chi connectivity index (χ4n) is 3.85. The summed E-state index contributed by atoms with van der Waals surface area (Å²) in [5.74, 6) is 0.368. The molecule has 6 nitrogen and oxygen atoms in total. The highest BCUT2D eigenvalue weighted by molar-refractivity contribution is 7.80. The number of methoxy groups -OCH3 is 1. The van der Waals surface area contributed by atoms with E-state index in [-0.39, 0.29) is 18.2 Å². The largest absolute Gasteiger partial charge is 0.497 e. The molecule has 168 valence electrons. The van der Waals surface area contributed by atoms with E-state index in [1.54, 1.807) is 7.11 Å². The SMILES string of the molecule is COc1ccc(CCN2C(=S)N(c3ccccc3)C(=O)C2CC(=O)Nc2ccccc2)cc1. The number of amides is 2. The fraction of sp³-hybridized carbons (Fsp3) is 0.192. The Bertz CT molecular complexity index is 1120. The van der Waals surface area contributed by atoms with Crippen LogP contribution in [0.5, 0.6) is 5.75 Å². The van der Waals surface area contributed by atoms with Crippen molar-refractivity contribution in [1.82, 2.24) is 4.90 Å². The number of hydrogen-bond acceptors (Lipinski definition) is 4. The molecule has 1 heterocycles. The maximum Gasteiger partial charge on any atom is 0.256 e. The van der Waals surface area contributed by atoms with Crippen LogP contribution < -0.4 is 15.0 Å². The molecule has 0 saturated carbocycles. The Hall–Kier alpha value is -3.71. The van der Waals surface area contributed by atoms with Crippen LogP contribution in [-0.4, -0.2) is 41.5 Å². The number of carbonyl (C=O) groups excluding carboxylic acids is 2. The highest BCUT2D eigenvalue weighted by Gasteiger charge is 2.43. The molecule has 2 amide bonds. The third kappa shape index (κ3) is 5.21. The summed E-state index contributed by atoms with van der Waals surface area (Å²) >= 11 is 5.71. The van der Waals surface area contributed by atoms with Gasteiger partial charge in [-0.15, -0.1) is 0 Å². The van der Waals surface area contributed by atoms with Crippen LogP contribution in [0, 0.1) is 0 Å². The first-order chi connectivity index (χ1) is 16.1. The lowest BCUT2D eigenvalue weighted by molar-refractivity contribution is -0.124. The Balaban J connectivity index is 1.53. The molecule has 1 unspecified atom stereocenters. The van der Waals surface area contributed by atoms with Crippen molar-refractivity contribution in [2.24, 2.45) is 0 Å². The van der Waals surface area contributed by atoms with E-state index in [1.807, 2.05) is 89.8 Å². The van der Waals surface area contributed by atoms with Crippen LogP contribution in [0.2, 0.25) is 0 Å². The van der Waals surface area contributed by atoms with Crippen molar-refractivity contribution in [2.75, 3.05) is 23.9 Å². The molecule has 1 aliphatic rings. The summed E-state index contributed by atoms with van der Waals surface area (Å²) in [6.07, 6.45) is 0.691. The van der Waals surface area contributed by atoms with E-state index in [0.29, 0.717) is 29.5 Å². The number of rotatable bonds is 8. The van der Waals surface area contributed by atoms with Crippen molar-refractivity contribution in [3.63, 3.8) is 0 Å². The van der Waals surface area contributed by atoms with Crippen LogP contribution in [0.1, 0.15) is 12.0 Å². The highest BCUT2D eigenvalue weighted by Crippen LogP contribution is 2.27. The monoisotopic (exact) mass is 459 g/mol. The summed E-state index contributed by atoms with van der Waals surface area (Å²) in [6, 6.07) is 25.7. The van der Waals surface area contributed by atoms with Gasteiger partial charge in [-0.2, -0.15) is 0 Å². The van der Waals surface area contributed by atoms with Gasteiger partial charge in [0.25, 0.3) is 5.91 Å². The molecule has 7 heteroatoms. The molecule has 1 atom stereocenters. The van der Waals surface area contributed by atoms with Gasteiger partial charge in [0.05, 0.1) is 19.2 Å². The molecule has 3 aromatic carbocycles. The Morgan fingerprint density at radius 3 is 2.24 bits per heavy atom. The van der Waals surface area contributed by atoms with Crippen molar-refractivity contribution in [2.45, 2.75) is 18.9 Å². The number of hydrogen-bond donors (Lipinski definition) is 1. The molecule has 4 rings (SSSR count). The van der Waals surface area contributed by atoms with Gasteiger partial charge in [-0.3, -0.25) is 14.5 Å². The molecule has 1 saturated heterocycles. The summed E-state index contributed by atoms with van der Waals surface area (Å²) in [5, 5.41) is 3.29. The van der Waals surface area contributed by atoms with Crippen molar-refractivity contribution >= 4 is 40.5 Å². The van der Waals surface area contributed by atoms with Gasteiger partial charge in [0, 0.05) is 12.2 Å². The predicted molar refractivity (Wildman–Crippen MR) is 133 cm³/mol. The standard InChI is InChI=1S/C26H25N3O3S/c1-32-22-14-12-19(13-15-22)16-17-28-23(18-24(30)27-20-8-4-2-5-9-20)25(31)29(26(28)33)21-10-6-3-7-11-21/h2-15,23H,16-18H2,1H3,(H,27,30). The third-order valence-corrected chi connectivity index (χ3v) is 5.99. The van der Waals surface area contributed by atoms with E-state index in [9.17, 15) is 9.59 Å². The van der Waals surface area contributed by atoms with Crippen LogP contribution in [-0.2, 0) is 16.0 Å². The summed E-state index contributed by atoms with van der Waals surface area (Å²) in [6.45, 7) is 0.517. The van der Waals surface area contributed by atoms with Crippen LogP contribution in [0.4, 0.5) is 11.4 Å². The van der Waals surface area contributed by atoms with Gasteiger partial charge in [0.1, 0.15) is 11.8 Å². The van der Waals surface area contributed by atoms with Crippen molar-refractivity contribution in [1.29, 1.82) is 0 Å². The number of thiocarbonyl (C=S) groups is 1. The maximum atomic E-state index is 13.4. The van der Waals surface area contributed by atoms with Gasteiger partial charge < -0.3 is 15.0 Å². The summed E-state index contributed by atoms with van der Waals surface area (Å²) in [7, 11) is 1.63. The van der Waals surface area contributed by atoms with Gasteiger partial charge in [-0.25, -0.2) is 0 Å². The number of benzene rings is 3. The van der Waals surface area contributed by atoms with Crippen LogP contribution in [0.25, 0.3) is 0 Å². The lowest BCUT2D eigenvalue weighted by Crippen LogP contribution is -2.39. The average Bonchev–Trinajstić information content (AvgIpc) is 3.07. The summed E-state index contributed by atoms with van der Waals surface area (Å²) in [5.41, 5.74) is 2.49. The van der Waals surface area contributed by atoms with Gasteiger partial charge in [0.15, 0.2) is 5.11 Å². The van der Waals surface area contributed by atoms with E-state index in [1.165, 1.54) is 4.90 Å². The molecular weight excluding hydrogens is 434 g/mol. The molecule has 33 heavy (non-hydrogen) atoms. The average molecular weight is 460 g/mol. The van der Waals surface area contributed by atoms with E-state index in [4.69, 9.17) is 17.0 Å². The summed E-state index contributed by atoms with van der Waals surface area (Å²) in [4.78, 5) is 29.6. The number of ether oxygens (including phenoxy) is 1. The minimum absolute atomic E-state index is 0.0137. The van der Waals surface area contributed by atoms with Crippen LogP contribution in [0.3, 0.4) is 0 Å². The second kappa shape index (κ2) is 10.3. The molecule has 0 aromatic heterocycles. The van der Waals surface area contributed by atoms with E-state index >= 15 is 0 Å². The smallest absolute Gasteiger partial charge is 0.256 e. The number of anilines is 2. The summed E-state index contributed by atoms with van der Waals surface area (Å²) < 4.78 is 5.22. The fourth-order valence-corrected chi connectivity index (χ4v) is 4.27. The van der Waals surface area contributed by atoms with Crippen molar-refractivity contribution in [3.8, 4) is 5.75 Å². The minimum Gasteiger partial charge on any atom is -0.497 e. The number of para-hydroxylation sites is 2. The Labute approximate surface area is 198 Å². The van der Waals surface area contributed by atoms with Gasteiger partial charge in [-0.05, 0) is 60.6 Å². The second-order valence-electron chi connectivity index (χ2n) is 7.72. The van der Waals surface area contributed by atoms with Gasteiger partial charge >= 0.3 is 0 Å². The first-order valence-electron chi connectivity index (χ1n) is 10.7. The molecular formula is C26H25N3O3S. The lowest BCUT2D eigenvalue weighted by Gasteiger charge is -2.24. The zero-order chi connectivity index (χ0) is 23.2. The molecule has 3 aromatic rings. The normalized spacial score (nSPS) is 15.6. The molecule has 1 N–H and O–H groups in total. The predicted octanol–water partition coefficient (Wildman–Crippen LogP) is 4.27. The lowest BCUT2D eigenvalue weighted by atomic mass is 10.1. The van der Waals surface area contributed by atoms with E-state index in [2.05, 4.69) is 5.32 Å². The molecule has 0 spiro atoms. The molecule has 0 aliphatic carbocycles. The molecule has 1 aliphatic heterocycles. The van der Waals surface area contributed by atoms with Crippen molar-refractivity contribution in [3.05, 3.63) is 90.5 Å². The Morgan fingerprint density at radius 1 is 0.970 bits per heavy atom. The molecule has 1 fully saturated rings. The van der Waals surface area contributed by atoms with Crippen LogP contribution >= 0.6 is 12.2 Å². The zero-order valence-electron chi connectivity index (χ0n) is 18.3. The van der Waals surface area contributed by atoms with Crippen molar-refractivity contribution < 1.29 is 14.3 Å². The van der Waals surface area contributed by atoms with E-state index < -0.39 is 6.04 Å². The zero-order valence-corrected chi connectivity index (χ0v) is 19.1. The minimum atomic E-state index is -0.667. The first-order valence-corrected chi connectivity index (χ1v) is 11.1. The first kappa shape index (κ1) is 22.5. The highest BCUT2D eigenvalue weighted by atomic mass is 32.1. The number of carbonyl (C=O) groups is 2. The molecule has 0 radical (unpaired) electrons. The van der Waals surface area contributed by atoms with Gasteiger partial charge in [-0.1, -0.05) is 48.5 Å². The van der Waals surface area contributed by atoms with Gasteiger partial charge in [0.2, 0.25) is 5.91 Å².